The van der Waals surface area contributed by atoms with E-state index in [2.05, 4.69) is 20.4 Å². The summed E-state index contributed by atoms with van der Waals surface area (Å²) in [4.78, 5) is 8.59. The minimum absolute atomic E-state index is 0.372. The molecule has 0 aliphatic rings. The predicted octanol–water partition coefficient (Wildman–Crippen LogP) is 2.53. The molecule has 5 nitrogen and oxygen atoms in total. The number of hydrogen-bond acceptors (Lipinski definition) is 4. The van der Waals surface area contributed by atoms with Crippen LogP contribution in [0, 0.1) is 20.8 Å². The van der Waals surface area contributed by atoms with Crippen molar-refractivity contribution in [2.45, 2.75) is 20.8 Å². The van der Waals surface area contributed by atoms with Crippen molar-refractivity contribution >= 4 is 23.1 Å². The van der Waals surface area contributed by atoms with Crippen LogP contribution in [0.2, 0.25) is 5.15 Å². The average molecular weight is 252 g/mol. The fourth-order valence-electron chi connectivity index (χ4n) is 1.51. The summed E-state index contributed by atoms with van der Waals surface area (Å²) in [7, 11) is 1.87. The second-order valence-corrected chi connectivity index (χ2v) is 4.32. The highest BCUT2D eigenvalue weighted by molar-refractivity contribution is 6.31. The first kappa shape index (κ1) is 11.9. The number of anilines is 2. The van der Waals surface area contributed by atoms with Gasteiger partial charge in [-0.3, -0.25) is 4.68 Å². The molecule has 0 aliphatic carbocycles. The highest BCUT2D eigenvalue weighted by atomic mass is 35.5. The second-order valence-electron chi connectivity index (χ2n) is 3.96. The molecule has 0 radical (unpaired) electrons. The molecule has 0 unspecified atom stereocenters. The van der Waals surface area contributed by atoms with E-state index in [0.29, 0.717) is 11.0 Å². The van der Waals surface area contributed by atoms with Gasteiger partial charge in [0.05, 0.1) is 22.8 Å². The van der Waals surface area contributed by atoms with E-state index in [9.17, 15) is 0 Å². The van der Waals surface area contributed by atoms with Gasteiger partial charge in [0, 0.05) is 13.2 Å². The maximum atomic E-state index is 6.05. The third-order valence-corrected chi connectivity index (χ3v) is 2.79. The van der Waals surface area contributed by atoms with E-state index >= 15 is 0 Å². The molecule has 1 N–H and O–H groups in total. The number of nitrogens with zero attached hydrogens (tertiary/aromatic N) is 4. The van der Waals surface area contributed by atoms with E-state index in [4.69, 9.17) is 11.6 Å². The number of aryl methyl sites for hydroxylation is 4. The van der Waals surface area contributed by atoms with Crippen molar-refractivity contribution in [3.05, 3.63) is 28.4 Å². The van der Waals surface area contributed by atoms with E-state index in [-0.39, 0.29) is 0 Å². The van der Waals surface area contributed by atoms with Crippen molar-refractivity contribution in [1.29, 1.82) is 0 Å². The van der Waals surface area contributed by atoms with Crippen molar-refractivity contribution in [1.82, 2.24) is 19.7 Å². The van der Waals surface area contributed by atoms with E-state index < -0.39 is 0 Å². The van der Waals surface area contributed by atoms with Crippen LogP contribution >= 0.6 is 11.6 Å². The molecule has 0 amide bonds. The van der Waals surface area contributed by atoms with E-state index in [0.717, 1.165) is 22.8 Å². The second kappa shape index (κ2) is 4.33. The van der Waals surface area contributed by atoms with Crippen LogP contribution in [0.15, 0.2) is 6.20 Å². The molecule has 0 fully saturated rings. The molecule has 0 aliphatic heterocycles. The van der Waals surface area contributed by atoms with Crippen LogP contribution < -0.4 is 5.32 Å². The summed E-state index contributed by atoms with van der Waals surface area (Å²) in [6.07, 6.45) is 1.88. The Labute approximate surface area is 105 Å². The predicted molar refractivity (Wildman–Crippen MR) is 67.7 cm³/mol. The molecular formula is C11H14ClN5. The van der Waals surface area contributed by atoms with E-state index in [1.54, 1.807) is 4.68 Å². The minimum atomic E-state index is 0.372. The zero-order valence-corrected chi connectivity index (χ0v) is 11.0. The van der Waals surface area contributed by atoms with Crippen LogP contribution in [-0.4, -0.2) is 19.7 Å². The van der Waals surface area contributed by atoms with Gasteiger partial charge in [-0.05, 0) is 20.8 Å². The Hall–Kier alpha value is -1.62. The van der Waals surface area contributed by atoms with Gasteiger partial charge in [-0.15, -0.1) is 0 Å². The van der Waals surface area contributed by atoms with Crippen molar-refractivity contribution in [3.8, 4) is 0 Å². The van der Waals surface area contributed by atoms with Gasteiger partial charge in [0.25, 0.3) is 0 Å². The lowest BCUT2D eigenvalue weighted by Crippen LogP contribution is -2.00. The quantitative estimate of drug-likeness (QED) is 0.891. The smallest absolute Gasteiger partial charge is 0.172 e. The van der Waals surface area contributed by atoms with Crippen LogP contribution in [-0.2, 0) is 7.05 Å². The first-order valence-electron chi connectivity index (χ1n) is 5.25. The lowest BCUT2D eigenvalue weighted by atomic mass is 10.3. The number of nitrogens with one attached hydrogen (secondary N) is 1. The maximum Gasteiger partial charge on any atom is 0.172 e. The first-order chi connectivity index (χ1) is 7.97. The molecule has 2 rings (SSSR count). The zero-order chi connectivity index (χ0) is 12.6. The van der Waals surface area contributed by atoms with Gasteiger partial charge in [-0.25, -0.2) is 9.97 Å². The normalized spacial score (nSPS) is 10.6. The summed E-state index contributed by atoms with van der Waals surface area (Å²) in [5.74, 6) is 0.561. The van der Waals surface area contributed by atoms with Crippen LogP contribution in [0.3, 0.4) is 0 Å². The Balaban J connectivity index is 2.36. The van der Waals surface area contributed by atoms with Crippen molar-refractivity contribution in [2.24, 2.45) is 7.05 Å². The Morgan fingerprint density at radius 1 is 1.12 bits per heavy atom. The van der Waals surface area contributed by atoms with Gasteiger partial charge in [0.15, 0.2) is 11.0 Å². The number of hydrogen-bond donors (Lipinski definition) is 1. The molecule has 0 bridgehead atoms. The van der Waals surface area contributed by atoms with Gasteiger partial charge in [-0.2, -0.15) is 5.10 Å². The minimum Gasteiger partial charge on any atom is -0.335 e. The van der Waals surface area contributed by atoms with Gasteiger partial charge in [-0.1, -0.05) is 11.6 Å². The summed E-state index contributed by atoms with van der Waals surface area (Å²) < 4.78 is 1.74. The summed E-state index contributed by atoms with van der Waals surface area (Å²) in [5.41, 5.74) is 3.47. The number of aromatic nitrogens is 4. The Morgan fingerprint density at radius 3 is 2.35 bits per heavy atom. The van der Waals surface area contributed by atoms with Gasteiger partial charge < -0.3 is 5.32 Å². The van der Waals surface area contributed by atoms with Gasteiger partial charge in [0.2, 0.25) is 0 Å². The molecule has 2 heterocycles. The average Bonchev–Trinajstić information content (AvgIpc) is 2.54. The Kier molecular flexibility index (Phi) is 3.02. The molecule has 17 heavy (non-hydrogen) atoms. The van der Waals surface area contributed by atoms with Crippen molar-refractivity contribution < 1.29 is 0 Å². The SMILES string of the molecule is Cc1nn(C)cc1Nc1nc(C)c(C)nc1Cl. The monoisotopic (exact) mass is 251 g/mol. The molecule has 0 saturated heterocycles. The molecule has 6 heteroatoms. The molecular weight excluding hydrogens is 238 g/mol. The Bertz CT molecular complexity index is 561. The Morgan fingerprint density at radius 2 is 1.76 bits per heavy atom. The molecule has 0 saturated carbocycles. The first-order valence-corrected chi connectivity index (χ1v) is 5.63. The van der Waals surface area contributed by atoms with Crippen LogP contribution in [0.5, 0.6) is 0 Å². The molecule has 0 spiro atoms. The number of halogens is 1. The number of rotatable bonds is 2. The highest BCUT2D eigenvalue weighted by Crippen LogP contribution is 2.24. The molecule has 90 valence electrons. The molecule has 0 aromatic carbocycles. The van der Waals surface area contributed by atoms with Crippen LogP contribution in [0.1, 0.15) is 17.1 Å². The standard InChI is InChI=1S/C11H14ClN5/c1-6-7(2)14-11(10(12)13-6)15-9-5-17(4)16-8(9)3/h5H,1-4H3,(H,14,15). The van der Waals surface area contributed by atoms with E-state index in [1.165, 1.54) is 0 Å². The maximum absolute atomic E-state index is 6.05. The third kappa shape index (κ3) is 2.39. The zero-order valence-electron chi connectivity index (χ0n) is 10.2. The third-order valence-electron chi connectivity index (χ3n) is 2.53. The van der Waals surface area contributed by atoms with Gasteiger partial charge in [0.1, 0.15) is 0 Å². The highest BCUT2D eigenvalue weighted by Gasteiger charge is 2.10. The van der Waals surface area contributed by atoms with Crippen molar-refractivity contribution in [2.75, 3.05) is 5.32 Å². The fraction of sp³-hybridized carbons (Fsp3) is 0.364. The summed E-state index contributed by atoms with van der Waals surface area (Å²) in [6.45, 7) is 5.71. The lowest BCUT2D eigenvalue weighted by molar-refractivity contribution is 0.756. The van der Waals surface area contributed by atoms with Crippen LogP contribution in [0.4, 0.5) is 11.5 Å². The summed E-state index contributed by atoms with van der Waals surface area (Å²) in [5, 5.41) is 7.75. The molecule has 0 atom stereocenters. The molecule has 2 aromatic rings. The summed E-state index contributed by atoms with van der Waals surface area (Å²) in [6, 6.07) is 0. The summed E-state index contributed by atoms with van der Waals surface area (Å²) >= 11 is 6.05. The largest absolute Gasteiger partial charge is 0.335 e. The van der Waals surface area contributed by atoms with Crippen molar-refractivity contribution in [3.63, 3.8) is 0 Å². The molecule has 2 aromatic heterocycles. The fourth-order valence-corrected chi connectivity index (χ4v) is 1.72. The lowest BCUT2D eigenvalue weighted by Gasteiger charge is -2.08. The van der Waals surface area contributed by atoms with Gasteiger partial charge >= 0.3 is 0 Å². The van der Waals surface area contributed by atoms with E-state index in [1.807, 2.05) is 34.0 Å². The van der Waals surface area contributed by atoms with Crippen LogP contribution in [0.25, 0.3) is 0 Å². The topological polar surface area (TPSA) is 55.6 Å².